The molecule has 0 aliphatic rings. The van der Waals surface area contributed by atoms with Gasteiger partial charge in [0.05, 0.1) is 12.2 Å². The molecule has 3 aromatic carbocycles. The molecule has 0 unspecified atom stereocenters. The van der Waals surface area contributed by atoms with Crippen LogP contribution in [0.5, 0.6) is 0 Å². The van der Waals surface area contributed by atoms with Crippen molar-refractivity contribution >= 4 is 0 Å². The molecule has 34 heavy (non-hydrogen) atoms. The van der Waals surface area contributed by atoms with E-state index in [-0.39, 0.29) is 5.69 Å². The fourth-order valence-electron chi connectivity index (χ4n) is 4.49. The van der Waals surface area contributed by atoms with Gasteiger partial charge in [-0.3, -0.25) is 9.13 Å². The molecule has 0 saturated carbocycles. The van der Waals surface area contributed by atoms with Crippen LogP contribution in [0, 0.1) is 6.92 Å². The van der Waals surface area contributed by atoms with Crippen molar-refractivity contribution < 1.29 is 0 Å². The summed E-state index contributed by atoms with van der Waals surface area (Å²) in [5.74, 6) is 0.633. The van der Waals surface area contributed by atoms with Gasteiger partial charge in [-0.25, -0.2) is 9.89 Å². The largest absolute Gasteiger partial charge is 0.333 e. The van der Waals surface area contributed by atoms with Crippen LogP contribution in [-0.2, 0) is 13.0 Å². The van der Waals surface area contributed by atoms with E-state index in [2.05, 4.69) is 57.9 Å². The Bertz CT molecular complexity index is 1450. The SMILES string of the molecule is CCCc1c(C)n(-c2ccccc2)c(=O)n1Cc1ccc(-c2ccccc2-c2nnn[nH]2)cc1. The van der Waals surface area contributed by atoms with Crippen molar-refractivity contribution in [1.29, 1.82) is 0 Å². The standard InChI is InChI=1S/C27H26N6O/c1-3-9-25-19(2)33(22-10-5-4-6-11-22)27(34)32(25)18-20-14-16-21(17-15-20)23-12-7-8-13-24(23)26-28-30-31-29-26/h4-8,10-17H,3,9,18H2,1-2H3,(H,28,29,30,31). The Morgan fingerprint density at radius 3 is 2.26 bits per heavy atom. The fraction of sp³-hybridized carbons (Fsp3) is 0.185. The number of aromatic amines is 1. The first kappa shape index (κ1) is 21.6. The second-order valence-electron chi connectivity index (χ2n) is 8.31. The molecule has 0 atom stereocenters. The predicted molar refractivity (Wildman–Crippen MR) is 133 cm³/mol. The molecule has 2 aromatic heterocycles. The summed E-state index contributed by atoms with van der Waals surface area (Å²) in [5.41, 5.74) is 7.11. The normalized spacial score (nSPS) is 11.1. The van der Waals surface area contributed by atoms with Crippen LogP contribution in [0.15, 0.2) is 83.7 Å². The van der Waals surface area contributed by atoms with Crippen molar-refractivity contribution in [1.82, 2.24) is 29.8 Å². The maximum absolute atomic E-state index is 13.5. The molecule has 5 aromatic rings. The predicted octanol–water partition coefficient (Wildman–Crippen LogP) is 4.80. The summed E-state index contributed by atoms with van der Waals surface area (Å²) in [6.45, 7) is 4.71. The van der Waals surface area contributed by atoms with Crippen LogP contribution in [0.1, 0.15) is 30.3 Å². The Morgan fingerprint density at radius 1 is 0.882 bits per heavy atom. The third-order valence-corrected chi connectivity index (χ3v) is 6.14. The average molecular weight is 451 g/mol. The summed E-state index contributed by atoms with van der Waals surface area (Å²) in [5, 5.41) is 14.3. The summed E-state index contributed by atoms with van der Waals surface area (Å²) in [6, 6.07) is 26.2. The number of rotatable bonds is 7. The Balaban J connectivity index is 1.50. The summed E-state index contributed by atoms with van der Waals surface area (Å²) < 4.78 is 3.73. The van der Waals surface area contributed by atoms with Crippen molar-refractivity contribution in [3.63, 3.8) is 0 Å². The second kappa shape index (κ2) is 9.31. The number of hydrogen-bond acceptors (Lipinski definition) is 4. The van der Waals surface area contributed by atoms with Gasteiger partial charge < -0.3 is 0 Å². The third kappa shape index (κ3) is 3.96. The lowest BCUT2D eigenvalue weighted by Gasteiger charge is -2.10. The number of benzene rings is 3. The zero-order valence-electron chi connectivity index (χ0n) is 19.3. The van der Waals surface area contributed by atoms with Crippen LogP contribution >= 0.6 is 0 Å². The van der Waals surface area contributed by atoms with Gasteiger partial charge in [0.25, 0.3) is 0 Å². The van der Waals surface area contributed by atoms with Gasteiger partial charge in [0.1, 0.15) is 0 Å². The van der Waals surface area contributed by atoms with Crippen molar-refractivity contribution in [2.24, 2.45) is 0 Å². The molecular formula is C27H26N6O. The van der Waals surface area contributed by atoms with Gasteiger partial charge in [0.15, 0.2) is 5.82 Å². The zero-order chi connectivity index (χ0) is 23.5. The van der Waals surface area contributed by atoms with Crippen LogP contribution in [0.25, 0.3) is 28.2 Å². The van der Waals surface area contributed by atoms with E-state index >= 15 is 0 Å². The van der Waals surface area contributed by atoms with Crippen molar-refractivity contribution in [2.75, 3.05) is 0 Å². The van der Waals surface area contributed by atoms with Crippen molar-refractivity contribution in [3.8, 4) is 28.2 Å². The smallest absolute Gasteiger partial charge is 0.291 e. The summed E-state index contributed by atoms with van der Waals surface area (Å²) in [4.78, 5) is 13.5. The van der Waals surface area contributed by atoms with E-state index in [1.807, 2.05) is 64.6 Å². The highest BCUT2D eigenvalue weighted by Crippen LogP contribution is 2.30. The molecule has 7 nitrogen and oxygen atoms in total. The minimum absolute atomic E-state index is 0.000563. The Kier molecular flexibility index (Phi) is 5.91. The number of hydrogen-bond donors (Lipinski definition) is 1. The van der Waals surface area contributed by atoms with Crippen LogP contribution < -0.4 is 5.69 Å². The van der Waals surface area contributed by atoms with Crippen LogP contribution in [-0.4, -0.2) is 29.8 Å². The molecular weight excluding hydrogens is 424 g/mol. The van der Waals surface area contributed by atoms with E-state index in [1.165, 1.54) is 0 Å². The maximum Gasteiger partial charge on any atom is 0.333 e. The molecule has 0 spiro atoms. The molecule has 0 saturated heterocycles. The first-order valence-electron chi connectivity index (χ1n) is 11.5. The third-order valence-electron chi connectivity index (χ3n) is 6.14. The van der Waals surface area contributed by atoms with E-state index in [0.717, 1.165) is 52.2 Å². The zero-order valence-corrected chi connectivity index (χ0v) is 19.3. The number of tetrazole rings is 1. The minimum atomic E-state index is -0.000563. The van der Waals surface area contributed by atoms with Gasteiger partial charge in [0.2, 0.25) is 0 Å². The maximum atomic E-state index is 13.5. The first-order valence-corrected chi connectivity index (χ1v) is 11.5. The van der Waals surface area contributed by atoms with Gasteiger partial charge >= 0.3 is 5.69 Å². The highest BCUT2D eigenvalue weighted by molar-refractivity contribution is 5.80. The lowest BCUT2D eigenvalue weighted by molar-refractivity contribution is 0.691. The lowest BCUT2D eigenvalue weighted by atomic mass is 9.98. The quantitative estimate of drug-likeness (QED) is 0.386. The number of para-hydroxylation sites is 1. The number of H-pyrrole nitrogens is 1. The first-order chi connectivity index (χ1) is 16.7. The van der Waals surface area contributed by atoms with Crippen molar-refractivity contribution in [3.05, 3.63) is 106 Å². The molecule has 0 bridgehead atoms. The van der Waals surface area contributed by atoms with Gasteiger partial charge in [-0.2, -0.15) is 0 Å². The Hall–Kier alpha value is -4.26. The van der Waals surface area contributed by atoms with E-state index in [9.17, 15) is 4.79 Å². The second-order valence-corrected chi connectivity index (χ2v) is 8.31. The highest BCUT2D eigenvalue weighted by atomic mass is 16.1. The number of nitrogens with one attached hydrogen (secondary N) is 1. The van der Waals surface area contributed by atoms with Gasteiger partial charge in [-0.05, 0) is 52.6 Å². The molecule has 0 aliphatic carbocycles. The molecule has 2 heterocycles. The van der Waals surface area contributed by atoms with Crippen LogP contribution in [0.2, 0.25) is 0 Å². The van der Waals surface area contributed by atoms with Crippen LogP contribution in [0.3, 0.4) is 0 Å². The lowest BCUT2D eigenvalue weighted by Crippen LogP contribution is -2.25. The summed E-state index contributed by atoms with van der Waals surface area (Å²) >= 11 is 0. The number of nitrogens with zero attached hydrogens (tertiary/aromatic N) is 5. The molecule has 1 N–H and O–H groups in total. The van der Waals surface area contributed by atoms with Gasteiger partial charge in [-0.1, -0.05) is 80.1 Å². The molecule has 0 radical (unpaired) electrons. The monoisotopic (exact) mass is 450 g/mol. The molecule has 0 aliphatic heterocycles. The number of aromatic nitrogens is 6. The van der Waals surface area contributed by atoms with Gasteiger partial charge in [-0.15, -0.1) is 5.10 Å². The van der Waals surface area contributed by atoms with Gasteiger partial charge in [0, 0.05) is 17.0 Å². The summed E-state index contributed by atoms with van der Waals surface area (Å²) in [6.07, 6.45) is 1.84. The fourth-order valence-corrected chi connectivity index (χ4v) is 4.49. The van der Waals surface area contributed by atoms with Crippen molar-refractivity contribution in [2.45, 2.75) is 33.2 Å². The summed E-state index contributed by atoms with van der Waals surface area (Å²) in [7, 11) is 0. The van der Waals surface area contributed by atoms with Crippen LogP contribution in [0.4, 0.5) is 0 Å². The van der Waals surface area contributed by atoms with E-state index in [0.29, 0.717) is 12.4 Å². The topological polar surface area (TPSA) is 81.4 Å². The molecule has 170 valence electrons. The van der Waals surface area contributed by atoms with E-state index < -0.39 is 0 Å². The minimum Gasteiger partial charge on any atom is -0.291 e. The Morgan fingerprint density at radius 2 is 1.59 bits per heavy atom. The molecule has 0 amide bonds. The molecule has 5 rings (SSSR count). The average Bonchev–Trinajstić information content (AvgIpc) is 3.49. The Labute approximate surface area is 197 Å². The van der Waals surface area contributed by atoms with E-state index in [4.69, 9.17) is 0 Å². The molecule has 7 heteroatoms. The highest BCUT2D eigenvalue weighted by Gasteiger charge is 2.18. The number of imidazole rings is 1. The molecule has 0 fully saturated rings. The van der Waals surface area contributed by atoms with E-state index in [1.54, 1.807) is 0 Å².